The van der Waals surface area contributed by atoms with Gasteiger partial charge in [-0.2, -0.15) is 0 Å². The molecule has 3 aromatic rings. The second kappa shape index (κ2) is 8.17. The number of hydrogen-bond donors (Lipinski definition) is 2. The van der Waals surface area contributed by atoms with Crippen molar-refractivity contribution in [3.8, 4) is 11.5 Å². The number of nitrogens with zero attached hydrogens (tertiary/aromatic N) is 3. The SMILES string of the molecule is Cc1cc(S(=O)(=O)NCCNc2nc(-c3ccccn3)nc3c2CCC3)c(C)s1. The Morgan fingerprint density at radius 3 is 2.72 bits per heavy atom. The van der Waals surface area contributed by atoms with Gasteiger partial charge in [0.05, 0.1) is 4.90 Å². The van der Waals surface area contributed by atoms with E-state index in [1.54, 1.807) is 12.3 Å². The van der Waals surface area contributed by atoms with Gasteiger partial charge in [-0.15, -0.1) is 11.3 Å². The molecule has 0 aliphatic heterocycles. The Morgan fingerprint density at radius 1 is 1.14 bits per heavy atom. The van der Waals surface area contributed by atoms with Gasteiger partial charge in [-0.1, -0.05) is 6.07 Å². The Morgan fingerprint density at radius 2 is 2.00 bits per heavy atom. The lowest BCUT2D eigenvalue weighted by Gasteiger charge is -2.12. The molecule has 0 bridgehead atoms. The van der Waals surface area contributed by atoms with E-state index in [9.17, 15) is 8.42 Å². The minimum Gasteiger partial charge on any atom is -0.368 e. The first-order chi connectivity index (χ1) is 13.9. The first-order valence-corrected chi connectivity index (χ1v) is 11.9. The zero-order valence-corrected chi connectivity index (χ0v) is 18.0. The van der Waals surface area contributed by atoms with E-state index in [2.05, 4.69) is 25.0 Å². The van der Waals surface area contributed by atoms with Crippen molar-refractivity contribution in [3.05, 3.63) is 51.5 Å². The zero-order valence-electron chi connectivity index (χ0n) is 16.4. The lowest BCUT2D eigenvalue weighted by atomic mass is 10.2. The summed E-state index contributed by atoms with van der Waals surface area (Å²) in [6, 6.07) is 7.37. The van der Waals surface area contributed by atoms with Crippen LogP contribution in [0.25, 0.3) is 11.5 Å². The van der Waals surface area contributed by atoms with E-state index in [-0.39, 0.29) is 6.54 Å². The van der Waals surface area contributed by atoms with Crippen LogP contribution in [0, 0.1) is 13.8 Å². The molecule has 152 valence electrons. The van der Waals surface area contributed by atoms with Gasteiger partial charge in [0, 0.05) is 40.3 Å². The first kappa shape index (κ1) is 19.9. The highest BCUT2D eigenvalue weighted by Gasteiger charge is 2.21. The lowest BCUT2D eigenvalue weighted by molar-refractivity contribution is 0.582. The van der Waals surface area contributed by atoms with Gasteiger partial charge >= 0.3 is 0 Å². The average molecular weight is 430 g/mol. The number of nitrogens with one attached hydrogen (secondary N) is 2. The molecular formula is C20H23N5O2S2. The highest BCUT2D eigenvalue weighted by Crippen LogP contribution is 2.28. The predicted molar refractivity (Wildman–Crippen MR) is 115 cm³/mol. The van der Waals surface area contributed by atoms with Crippen LogP contribution in [-0.2, 0) is 22.9 Å². The van der Waals surface area contributed by atoms with Gasteiger partial charge in [-0.25, -0.2) is 23.1 Å². The Kier molecular flexibility index (Phi) is 5.62. The van der Waals surface area contributed by atoms with E-state index in [0.29, 0.717) is 17.3 Å². The fourth-order valence-electron chi connectivity index (χ4n) is 3.51. The topological polar surface area (TPSA) is 96.9 Å². The van der Waals surface area contributed by atoms with Crippen LogP contribution in [0.1, 0.15) is 27.4 Å². The van der Waals surface area contributed by atoms with Crippen LogP contribution in [0.3, 0.4) is 0 Å². The molecular weight excluding hydrogens is 406 g/mol. The molecule has 0 spiro atoms. The van der Waals surface area contributed by atoms with Gasteiger partial charge in [0.25, 0.3) is 0 Å². The monoisotopic (exact) mass is 429 g/mol. The summed E-state index contributed by atoms with van der Waals surface area (Å²) in [4.78, 5) is 15.8. The molecule has 0 aromatic carbocycles. The third-order valence-corrected chi connectivity index (χ3v) is 7.50. The van der Waals surface area contributed by atoms with E-state index in [0.717, 1.165) is 51.8 Å². The minimum atomic E-state index is -3.51. The van der Waals surface area contributed by atoms with Crippen molar-refractivity contribution in [3.63, 3.8) is 0 Å². The van der Waals surface area contributed by atoms with Crippen molar-refractivity contribution in [1.82, 2.24) is 19.7 Å². The maximum atomic E-state index is 12.5. The average Bonchev–Trinajstić information content (AvgIpc) is 3.31. The Hall–Kier alpha value is -2.36. The van der Waals surface area contributed by atoms with Crippen molar-refractivity contribution in [1.29, 1.82) is 0 Å². The summed E-state index contributed by atoms with van der Waals surface area (Å²) in [6.45, 7) is 4.45. The van der Waals surface area contributed by atoms with Crippen LogP contribution >= 0.6 is 11.3 Å². The maximum Gasteiger partial charge on any atom is 0.241 e. The van der Waals surface area contributed by atoms with Crippen molar-refractivity contribution >= 4 is 27.2 Å². The number of hydrogen-bond acceptors (Lipinski definition) is 7. The van der Waals surface area contributed by atoms with Crippen LogP contribution in [0.4, 0.5) is 5.82 Å². The third-order valence-electron chi connectivity index (χ3n) is 4.82. The number of aromatic nitrogens is 3. The molecule has 1 aliphatic rings. The fourth-order valence-corrected chi connectivity index (χ4v) is 6.09. The van der Waals surface area contributed by atoms with E-state index in [1.807, 2.05) is 32.0 Å². The molecule has 2 N–H and O–H groups in total. The normalized spacial score (nSPS) is 13.4. The number of anilines is 1. The minimum absolute atomic E-state index is 0.272. The van der Waals surface area contributed by atoms with Gasteiger partial charge in [-0.05, 0) is 51.3 Å². The summed E-state index contributed by atoms with van der Waals surface area (Å²) in [5.41, 5.74) is 2.90. The molecule has 0 unspecified atom stereocenters. The molecule has 0 saturated carbocycles. The van der Waals surface area contributed by atoms with Gasteiger partial charge in [0.15, 0.2) is 5.82 Å². The van der Waals surface area contributed by atoms with Crippen LogP contribution in [0.2, 0.25) is 0 Å². The molecule has 3 aromatic heterocycles. The first-order valence-electron chi connectivity index (χ1n) is 9.56. The number of rotatable bonds is 7. The Balaban J connectivity index is 1.46. The van der Waals surface area contributed by atoms with Gasteiger partial charge < -0.3 is 5.32 Å². The summed E-state index contributed by atoms with van der Waals surface area (Å²) < 4.78 is 27.8. The summed E-state index contributed by atoms with van der Waals surface area (Å²) in [5.74, 6) is 1.37. The van der Waals surface area contributed by atoms with E-state index >= 15 is 0 Å². The molecule has 0 radical (unpaired) electrons. The number of sulfonamides is 1. The summed E-state index contributed by atoms with van der Waals surface area (Å²) >= 11 is 1.49. The summed E-state index contributed by atoms with van der Waals surface area (Å²) in [6.07, 6.45) is 4.63. The second-order valence-electron chi connectivity index (χ2n) is 6.99. The van der Waals surface area contributed by atoms with Crippen molar-refractivity contribution in [2.75, 3.05) is 18.4 Å². The number of thiophene rings is 1. The van der Waals surface area contributed by atoms with E-state index in [1.165, 1.54) is 11.3 Å². The number of aryl methyl sites for hydroxylation is 3. The molecule has 0 atom stereocenters. The van der Waals surface area contributed by atoms with Gasteiger partial charge in [-0.3, -0.25) is 4.98 Å². The smallest absolute Gasteiger partial charge is 0.241 e. The molecule has 9 heteroatoms. The predicted octanol–water partition coefficient (Wildman–Crippen LogP) is 3.10. The third kappa shape index (κ3) is 4.31. The zero-order chi connectivity index (χ0) is 20.4. The molecule has 4 rings (SSSR count). The van der Waals surface area contributed by atoms with Crippen LogP contribution in [-0.4, -0.2) is 36.5 Å². The molecule has 1 aliphatic carbocycles. The Bertz CT molecular complexity index is 1130. The fraction of sp³-hybridized carbons (Fsp3) is 0.350. The standard InChI is InChI=1S/C20H23N5O2S2/c1-13-12-18(14(2)28-13)29(26,27)23-11-10-22-19-15-6-5-8-16(15)24-20(25-19)17-7-3-4-9-21-17/h3-4,7,9,12,23H,5-6,8,10-11H2,1-2H3,(H,22,24,25). The van der Waals surface area contributed by atoms with Gasteiger partial charge in [0.2, 0.25) is 10.0 Å². The lowest BCUT2D eigenvalue weighted by Crippen LogP contribution is -2.29. The molecule has 3 heterocycles. The van der Waals surface area contributed by atoms with Crippen molar-refractivity contribution < 1.29 is 8.42 Å². The highest BCUT2D eigenvalue weighted by molar-refractivity contribution is 7.89. The molecule has 0 amide bonds. The van der Waals surface area contributed by atoms with Crippen LogP contribution in [0.5, 0.6) is 0 Å². The van der Waals surface area contributed by atoms with Crippen LogP contribution in [0.15, 0.2) is 35.4 Å². The molecule has 29 heavy (non-hydrogen) atoms. The second-order valence-corrected chi connectivity index (χ2v) is 10.2. The van der Waals surface area contributed by atoms with E-state index in [4.69, 9.17) is 0 Å². The summed E-state index contributed by atoms with van der Waals surface area (Å²) in [7, 11) is -3.51. The van der Waals surface area contributed by atoms with Crippen molar-refractivity contribution in [2.24, 2.45) is 0 Å². The van der Waals surface area contributed by atoms with Gasteiger partial charge in [0.1, 0.15) is 11.5 Å². The molecule has 7 nitrogen and oxygen atoms in total. The quantitative estimate of drug-likeness (QED) is 0.560. The highest BCUT2D eigenvalue weighted by atomic mass is 32.2. The number of fused-ring (bicyclic) bond motifs is 1. The maximum absolute atomic E-state index is 12.5. The van der Waals surface area contributed by atoms with Crippen molar-refractivity contribution in [2.45, 2.75) is 38.0 Å². The number of pyridine rings is 1. The largest absolute Gasteiger partial charge is 0.368 e. The Labute approximate surface area is 174 Å². The molecule has 0 saturated heterocycles. The summed E-state index contributed by atoms with van der Waals surface area (Å²) in [5, 5.41) is 3.30. The molecule has 0 fully saturated rings. The van der Waals surface area contributed by atoms with Crippen LogP contribution < -0.4 is 10.0 Å². The van der Waals surface area contributed by atoms with E-state index < -0.39 is 10.0 Å².